The maximum absolute atomic E-state index is 13.3. The number of amides is 1. The van der Waals surface area contributed by atoms with E-state index < -0.39 is 17.7 Å². The van der Waals surface area contributed by atoms with Crippen molar-refractivity contribution in [2.75, 3.05) is 11.5 Å². The molecule has 0 radical (unpaired) electrons. The highest BCUT2D eigenvalue weighted by molar-refractivity contribution is 6.51. The monoisotopic (exact) mass is 473 g/mol. The number of hydrogen-bond acceptors (Lipinski definition) is 5. The van der Waals surface area contributed by atoms with Gasteiger partial charge in [-0.25, -0.2) is 0 Å². The van der Waals surface area contributed by atoms with Gasteiger partial charge < -0.3 is 14.3 Å². The largest absolute Gasteiger partial charge is 0.507 e. The normalized spacial score (nSPS) is 17.3. The molecule has 4 rings (SSSR count). The van der Waals surface area contributed by atoms with E-state index in [1.54, 1.807) is 43.3 Å². The Hall–Kier alpha value is -3.80. The molecule has 3 aromatic rings. The van der Waals surface area contributed by atoms with E-state index in [9.17, 15) is 14.7 Å². The molecule has 1 amide bonds. The van der Waals surface area contributed by atoms with Gasteiger partial charge in [0.1, 0.15) is 29.1 Å². The molecule has 1 aliphatic rings. The lowest BCUT2D eigenvalue weighted by atomic mass is 9.99. The van der Waals surface area contributed by atoms with Crippen molar-refractivity contribution in [3.05, 3.63) is 88.4 Å². The lowest BCUT2D eigenvalue weighted by Crippen LogP contribution is -2.29. The average molecular weight is 474 g/mol. The SMILES string of the molecule is CCCCCOc1ccc(/C(O)=C2/C(=O)C(=O)N(c3cc(C)cc(C)c3)C2c2ccc(C)o2)cc1. The number of ketones is 1. The number of Topliss-reactive ketones (excluding diaryl/α,β-unsaturated/α-hetero) is 1. The maximum atomic E-state index is 13.3. The van der Waals surface area contributed by atoms with E-state index in [1.165, 1.54) is 4.90 Å². The van der Waals surface area contributed by atoms with Crippen molar-refractivity contribution in [2.45, 2.75) is 53.0 Å². The predicted octanol–water partition coefficient (Wildman–Crippen LogP) is 6.40. The Bertz CT molecular complexity index is 1250. The van der Waals surface area contributed by atoms with Crippen LogP contribution in [0.1, 0.15) is 60.4 Å². The van der Waals surface area contributed by atoms with E-state index in [2.05, 4.69) is 6.92 Å². The van der Waals surface area contributed by atoms with Gasteiger partial charge in [0, 0.05) is 11.3 Å². The summed E-state index contributed by atoms with van der Waals surface area (Å²) in [4.78, 5) is 27.9. The molecule has 1 saturated heterocycles. The second-order valence-electron chi connectivity index (χ2n) is 9.04. The van der Waals surface area contributed by atoms with Crippen LogP contribution in [0.4, 0.5) is 5.69 Å². The number of nitrogens with zero attached hydrogens (tertiary/aromatic N) is 1. The summed E-state index contributed by atoms with van der Waals surface area (Å²) in [5.41, 5.74) is 2.94. The molecule has 182 valence electrons. The first-order valence-corrected chi connectivity index (χ1v) is 12.0. The molecule has 2 heterocycles. The van der Waals surface area contributed by atoms with Crippen LogP contribution >= 0.6 is 0 Å². The number of anilines is 1. The molecule has 1 aromatic heterocycles. The summed E-state index contributed by atoms with van der Waals surface area (Å²) in [6, 6.07) is 15.2. The lowest BCUT2D eigenvalue weighted by molar-refractivity contribution is -0.132. The summed E-state index contributed by atoms with van der Waals surface area (Å²) < 4.78 is 11.6. The van der Waals surface area contributed by atoms with E-state index in [0.29, 0.717) is 35.1 Å². The highest BCUT2D eigenvalue weighted by atomic mass is 16.5. The van der Waals surface area contributed by atoms with Crippen LogP contribution in [0, 0.1) is 20.8 Å². The first kappa shape index (κ1) is 24.3. The van der Waals surface area contributed by atoms with Crippen molar-refractivity contribution in [2.24, 2.45) is 0 Å². The summed E-state index contributed by atoms with van der Waals surface area (Å²) in [5, 5.41) is 11.3. The second-order valence-corrected chi connectivity index (χ2v) is 9.04. The first-order valence-electron chi connectivity index (χ1n) is 12.0. The zero-order valence-electron chi connectivity index (χ0n) is 20.6. The Morgan fingerprint density at radius 2 is 1.66 bits per heavy atom. The van der Waals surface area contributed by atoms with E-state index >= 15 is 0 Å². The van der Waals surface area contributed by atoms with Crippen LogP contribution in [0.25, 0.3) is 5.76 Å². The van der Waals surface area contributed by atoms with E-state index in [4.69, 9.17) is 9.15 Å². The fourth-order valence-electron chi connectivity index (χ4n) is 4.46. The van der Waals surface area contributed by atoms with Gasteiger partial charge in [-0.3, -0.25) is 14.5 Å². The molecular formula is C29H31NO5. The molecule has 35 heavy (non-hydrogen) atoms. The van der Waals surface area contributed by atoms with Crippen molar-refractivity contribution in [1.82, 2.24) is 0 Å². The van der Waals surface area contributed by atoms with Crippen LogP contribution in [-0.2, 0) is 9.59 Å². The van der Waals surface area contributed by atoms with Gasteiger partial charge >= 0.3 is 0 Å². The molecule has 6 nitrogen and oxygen atoms in total. The van der Waals surface area contributed by atoms with E-state index in [1.807, 2.05) is 32.0 Å². The molecule has 0 saturated carbocycles. The van der Waals surface area contributed by atoms with Crippen molar-refractivity contribution < 1.29 is 23.8 Å². The first-order chi connectivity index (χ1) is 16.8. The summed E-state index contributed by atoms with van der Waals surface area (Å²) in [6.45, 7) is 8.43. The number of ether oxygens (including phenoxy) is 1. The summed E-state index contributed by atoms with van der Waals surface area (Å²) in [6.07, 6.45) is 3.19. The number of carbonyl (C=O) groups is 2. The summed E-state index contributed by atoms with van der Waals surface area (Å²) >= 11 is 0. The number of rotatable bonds is 8. The number of aliphatic hydroxyl groups excluding tert-OH is 1. The van der Waals surface area contributed by atoms with Gasteiger partial charge in [0.05, 0.1) is 12.2 Å². The molecular weight excluding hydrogens is 442 g/mol. The summed E-state index contributed by atoms with van der Waals surface area (Å²) in [7, 11) is 0. The zero-order chi connectivity index (χ0) is 25.1. The zero-order valence-corrected chi connectivity index (χ0v) is 20.6. The van der Waals surface area contributed by atoms with Crippen LogP contribution in [-0.4, -0.2) is 23.4 Å². The smallest absolute Gasteiger partial charge is 0.300 e. The molecule has 6 heteroatoms. The van der Waals surface area contributed by atoms with Crippen LogP contribution in [0.2, 0.25) is 0 Å². The Balaban J connectivity index is 1.76. The van der Waals surface area contributed by atoms with Gasteiger partial charge in [-0.05, 0) is 86.8 Å². The molecule has 2 aromatic carbocycles. The molecule has 0 aliphatic carbocycles. The number of aliphatic hydroxyl groups is 1. The standard InChI is InChI=1S/C29H31NO5/c1-5-6-7-14-34-23-11-9-21(10-12-23)27(31)25-26(24-13-8-20(4)35-24)30(29(33)28(25)32)22-16-18(2)15-19(3)17-22/h8-13,15-17,26,31H,5-7,14H2,1-4H3/b27-25-. The Kier molecular flexibility index (Phi) is 7.10. The molecule has 1 unspecified atom stereocenters. The minimum absolute atomic E-state index is 0.000114. The third-order valence-electron chi connectivity index (χ3n) is 6.10. The van der Waals surface area contributed by atoms with Gasteiger partial charge in [-0.2, -0.15) is 0 Å². The van der Waals surface area contributed by atoms with Crippen LogP contribution in [0.3, 0.4) is 0 Å². The quantitative estimate of drug-likeness (QED) is 0.177. The topological polar surface area (TPSA) is 80.0 Å². The summed E-state index contributed by atoms with van der Waals surface area (Å²) in [5.74, 6) is 0.0549. The highest BCUT2D eigenvalue weighted by Crippen LogP contribution is 2.43. The molecule has 1 atom stereocenters. The van der Waals surface area contributed by atoms with Crippen molar-refractivity contribution in [3.63, 3.8) is 0 Å². The molecule has 1 aliphatic heterocycles. The molecule has 1 fully saturated rings. The number of furan rings is 1. The Morgan fingerprint density at radius 3 is 2.26 bits per heavy atom. The Morgan fingerprint density at radius 1 is 0.971 bits per heavy atom. The van der Waals surface area contributed by atoms with Gasteiger partial charge in [-0.1, -0.05) is 25.8 Å². The number of benzene rings is 2. The highest BCUT2D eigenvalue weighted by Gasteiger charge is 2.48. The third kappa shape index (κ3) is 5.02. The molecule has 0 bridgehead atoms. The number of aryl methyl sites for hydroxylation is 3. The number of carbonyl (C=O) groups excluding carboxylic acids is 2. The minimum atomic E-state index is -0.880. The van der Waals surface area contributed by atoms with Crippen LogP contribution in [0.5, 0.6) is 5.75 Å². The van der Waals surface area contributed by atoms with E-state index in [-0.39, 0.29) is 11.3 Å². The average Bonchev–Trinajstić information content (AvgIpc) is 3.36. The van der Waals surface area contributed by atoms with Crippen molar-refractivity contribution in [3.8, 4) is 5.75 Å². The maximum Gasteiger partial charge on any atom is 0.300 e. The van der Waals surface area contributed by atoms with Gasteiger partial charge in [0.2, 0.25) is 0 Å². The molecule has 1 N–H and O–H groups in total. The van der Waals surface area contributed by atoms with Crippen molar-refractivity contribution in [1.29, 1.82) is 0 Å². The van der Waals surface area contributed by atoms with Crippen LogP contribution < -0.4 is 9.64 Å². The third-order valence-corrected chi connectivity index (χ3v) is 6.10. The van der Waals surface area contributed by atoms with Crippen LogP contribution in [0.15, 0.2) is 64.6 Å². The van der Waals surface area contributed by atoms with Gasteiger partial charge in [-0.15, -0.1) is 0 Å². The van der Waals surface area contributed by atoms with E-state index in [0.717, 1.165) is 30.4 Å². The lowest BCUT2D eigenvalue weighted by Gasteiger charge is -2.24. The Labute approximate surface area is 205 Å². The fourth-order valence-corrected chi connectivity index (χ4v) is 4.46. The van der Waals surface area contributed by atoms with Gasteiger partial charge in [0.25, 0.3) is 11.7 Å². The fraction of sp³-hybridized carbons (Fsp3) is 0.310. The number of unbranched alkanes of at least 4 members (excludes halogenated alkanes) is 2. The minimum Gasteiger partial charge on any atom is -0.507 e. The predicted molar refractivity (Wildman–Crippen MR) is 136 cm³/mol. The molecule has 0 spiro atoms. The van der Waals surface area contributed by atoms with Gasteiger partial charge in [0.15, 0.2) is 0 Å². The van der Waals surface area contributed by atoms with Crippen molar-refractivity contribution >= 4 is 23.1 Å². The number of hydrogen-bond donors (Lipinski definition) is 1. The second kappa shape index (κ2) is 10.2.